The number of nitrogens with zero attached hydrogens (tertiary/aromatic N) is 3. The number of nitrogens with one attached hydrogen (secondary N) is 1. The summed E-state index contributed by atoms with van der Waals surface area (Å²) in [6.07, 6.45) is 1.33. The van der Waals surface area contributed by atoms with Crippen LogP contribution in [0.1, 0.15) is 26.2 Å². The van der Waals surface area contributed by atoms with E-state index in [2.05, 4.69) is 22.2 Å². The van der Waals surface area contributed by atoms with Crippen LogP contribution in [0.2, 0.25) is 0 Å². The van der Waals surface area contributed by atoms with Crippen LogP contribution in [-0.4, -0.2) is 80.6 Å². The number of hydrogen-bond donors (Lipinski definition) is 1. The summed E-state index contributed by atoms with van der Waals surface area (Å²) >= 11 is 0. The molecular weight excluding hydrogens is 356 g/mol. The van der Waals surface area contributed by atoms with Gasteiger partial charge in [-0.25, -0.2) is 0 Å². The van der Waals surface area contributed by atoms with E-state index < -0.39 is 0 Å². The molecule has 7 heteroatoms. The van der Waals surface area contributed by atoms with Crippen LogP contribution in [0.3, 0.4) is 0 Å². The van der Waals surface area contributed by atoms with E-state index in [1.165, 1.54) is 0 Å². The number of para-hydroxylation sites is 2. The molecule has 28 heavy (non-hydrogen) atoms. The zero-order valence-corrected chi connectivity index (χ0v) is 17.0. The van der Waals surface area contributed by atoms with Gasteiger partial charge in [-0.3, -0.25) is 9.59 Å². The summed E-state index contributed by atoms with van der Waals surface area (Å²) in [4.78, 5) is 31.3. The summed E-state index contributed by atoms with van der Waals surface area (Å²) in [6, 6.07) is 7.55. The van der Waals surface area contributed by atoms with E-state index in [9.17, 15) is 9.59 Å². The van der Waals surface area contributed by atoms with Gasteiger partial charge < -0.3 is 24.8 Å². The fourth-order valence-electron chi connectivity index (χ4n) is 3.67. The first-order chi connectivity index (χ1) is 13.5. The van der Waals surface area contributed by atoms with Crippen molar-refractivity contribution in [3.05, 3.63) is 24.3 Å². The van der Waals surface area contributed by atoms with Gasteiger partial charge in [-0.2, -0.15) is 0 Å². The van der Waals surface area contributed by atoms with Gasteiger partial charge in [0.05, 0.1) is 12.2 Å². The van der Waals surface area contributed by atoms with E-state index in [4.69, 9.17) is 4.74 Å². The highest BCUT2D eigenvalue weighted by molar-refractivity contribution is 5.97. The lowest BCUT2D eigenvalue weighted by Crippen LogP contribution is -2.45. The monoisotopic (exact) mass is 388 g/mol. The zero-order valence-electron chi connectivity index (χ0n) is 17.0. The van der Waals surface area contributed by atoms with Gasteiger partial charge in [0.2, 0.25) is 11.8 Å². The van der Waals surface area contributed by atoms with Crippen molar-refractivity contribution in [1.82, 2.24) is 15.1 Å². The Morgan fingerprint density at radius 3 is 2.68 bits per heavy atom. The second-order valence-electron chi connectivity index (χ2n) is 7.75. The fraction of sp³-hybridized carbons (Fsp3) is 0.619. The van der Waals surface area contributed by atoms with Gasteiger partial charge in [0.1, 0.15) is 11.9 Å². The average molecular weight is 389 g/mol. The highest BCUT2D eigenvalue weighted by Gasteiger charge is 2.27. The summed E-state index contributed by atoms with van der Waals surface area (Å²) in [6.45, 7) is 8.55. The van der Waals surface area contributed by atoms with Crippen LogP contribution < -0.4 is 15.0 Å². The molecule has 0 radical (unpaired) electrons. The highest BCUT2D eigenvalue weighted by atomic mass is 16.5. The SMILES string of the molecule is CC1CN(C(=O)CCC(=O)NCCCN2CCN(C)CC2)c2ccccc2O1. The predicted molar refractivity (Wildman–Crippen MR) is 110 cm³/mol. The number of piperazine rings is 1. The van der Waals surface area contributed by atoms with Crippen LogP contribution in [-0.2, 0) is 9.59 Å². The molecule has 1 saturated heterocycles. The lowest BCUT2D eigenvalue weighted by molar-refractivity contribution is -0.125. The summed E-state index contributed by atoms with van der Waals surface area (Å²) in [7, 11) is 2.15. The fourth-order valence-corrected chi connectivity index (χ4v) is 3.67. The third-order valence-corrected chi connectivity index (χ3v) is 5.36. The van der Waals surface area contributed by atoms with Crippen LogP contribution in [0.15, 0.2) is 24.3 Å². The Bertz CT molecular complexity index is 673. The van der Waals surface area contributed by atoms with E-state index in [1.54, 1.807) is 4.90 Å². The topological polar surface area (TPSA) is 65.1 Å². The third kappa shape index (κ3) is 5.69. The Morgan fingerprint density at radius 1 is 1.14 bits per heavy atom. The number of amides is 2. The second kappa shape index (κ2) is 9.89. The van der Waals surface area contributed by atoms with Crippen molar-refractivity contribution < 1.29 is 14.3 Å². The first kappa shape index (κ1) is 20.6. The van der Waals surface area contributed by atoms with Crippen LogP contribution in [0.5, 0.6) is 5.75 Å². The van der Waals surface area contributed by atoms with Crippen LogP contribution >= 0.6 is 0 Å². The molecule has 1 N–H and O–H groups in total. The van der Waals surface area contributed by atoms with E-state index >= 15 is 0 Å². The van der Waals surface area contributed by atoms with Gasteiger partial charge in [-0.1, -0.05) is 12.1 Å². The highest BCUT2D eigenvalue weighted by Crippen LogP contribution is 2.33. The molecule has 0 spiro atoms. The summed E-state index contributed by atoms with van der Waals surface area (Å²) < 4.78 is 5.78. The Labute approximate surface area is 167 Å². The molecule has 7 nitrogen and oxygen atoms in total. The first-order valence-corrected chi connectivity index (χ1v) is 10.3. The van der Waals surface area contributed by atoms with Crippen LogP contribution in [0, 0.1) is 0 Å². The van der Waals surface area contributed by atoms with Crippen molar-refractivity contribution in [2.24, 2.45) is 0 Å². The maximum Gasteiger partial charge on any atom is 0.227 e. The van der Waals surface area contributed by atoms with Crippen molar-refractivity contribution >= 4 is 17.5 Å². The quantitative estimate of drug-likeness (QED) is 0.714. The molecule has 1 unspecified atom stereocenters. The molecule has 1 atom stereocenters. The molecule has 154 valence electrons. The minimum Gasteiger partial charge on any atom is -0.487 e. The van der Waals surface area contributed by atoms with Crippen molar-refractivity contribution in [3.63, 3.8) is 0 Å². The van der Waals surface area contributed by atoms with Crippen molar-refractivity contribution in [2.45, 2.75) is 32.3 Å². The lowest BCUT2D eigenvalue weighted by atomic mass is 10.1. The normalized spacial score (nSPS) is 20.4. The molecule has 0 aliphatic carbocycles. The van der Waals surface area contributed by atoms with E-state index in [0.717, 1.165) is 50.6 Å². The van der Waals surface area contributed by atoms with Crippen LogP contribution in [0.25, 0.3) is 0 Å². The molecule has 0 bridgehead atoms. The van der Waals surface area contributed by atoms with Gasteiger partial charge in [0.25, 0.3) is 0 Å². The number of fused-ring (bicyclic) bond motifs is 1. The smallest absolute Gasteiger partial charge is 0.227 e. The lowest BCUT2D eigenvalue weighted by Gasteiger charge is -2.33. The molecule has 1 aromatic carbocycles. The molecule has 2 amide bonds. The van der Waals surface area contributed by atoms with Crippen molar-refractivity contribution in [2.75, 3.05) is 57.8 Å². The molecule has 0 aromatic heterocycles. The summed E-state index contributed by atoms with van der Waals surface area (Å²) in [5.41, 5.74) is 0.790. The number of ether oxygens (including phenoxy) is 1. The van der Waals surface area contributed by atoms with Crippen molar-refractivity contribution in [3.8, 4) is 5.75 Å². The second-order valence-corrected chi connectivity index (χ2v) is 7.75. The summed E-state index contributed by atoms with van der Waals surface area (Å²) in [5, 5.41) is 2.95. The van der Waals surface area contributed by atoms with Gasteiger partial charge in [0, 0.05) is 45.6 Å². The number of carbonyl (C=O) groups is 2. The van der Waals surface area contributed by atoms with E-state index in [1.807, 2.05) is 31.2 Å². The van der Waals surface area contributed by atoms with Gasteiger partial charge in [-0.15, -0.1) is 0 Å². The maximum absolute atomic E-state index is 12.7. The molecule has 1 aromatic rings. The first-order valence-electron chi connectivity index (χ1n) is 10.3. The molecule has 2 aliphatic rings. The summed E-state index contributed by atoms with van der Waals surface area (Å²) in [5.74, 6) is 0.638. The number of anilines is 1. The Hall–Kier alpha value is -2.12. The standard InChI is InChI=1S/C21H32N4O3/c1-17-16-25(18-6-3-4-7-19(18)28-17)21(27)9-8-20(26)22-10-5-11-24-14-12-23(2)13-15-24/h3-4,6-7,17H,5,8-16H2,1-2H3,(H,22,26). The van der Waals surface area contributed by atoms with E-state index in [0.29, 0.717) is 13.1 Å². The predicted octanol–water partition coefficient (Wildman–Crippen LogP) is 1.33. The van der Waals surface area contributed by atoms with Gasteiger partial charge >= 0.3 is 0 Å². The molecule has 1 fully saturated rings. The Morgan fingerprint density at radius 2 is 1.89 bits per heavy atom. The number of rotatable bonds is 7. The van der Waals surface area contributed by atoms with Gasteiger partial charge in [0.15, 0.2) is 0 Å². The Kier molecular flexibility index (Phi) is 7.28. The number of benzene rings is 1. The van der Waals surface area contributed by atoms with Crippen LogP contribution in [0.4, 0.5) is 5.69 Å². The molecule has 3 rings (SSSR count). The molecule has 0 saturated carbocycles. The van der Waals surface area contributed by atoms with Crippen molar-refractivity contribution in [1.29, 1.82) is 0 Å². The molecule has 2 heterocycles. The maximum atomic E-state index is 12.7. The third-order valence-electron chi connectivity index (χ3n) is 5.36. The number of carbonyl (C=O) groups excluding carboxylic acids is 2. The molecule has 2 aliphatic heterocycles. The number of hydrogen-bond acceptors (Lipinski definition) is 5. The zero-order chi connectivity index (χ0) is 19.9. The minimum atomic E-state index is -0.0543. The van der Waals surface area contributed by atoms with E-state index in [-0.39, 0.29) is 30.8 Å². The average Bonchev–Trinajstić information content (AvgIpc) is 2.70. The minimum absolute atomic E-state index is 0.0322. The number of likely N-dealkylation sites (N-methyl/N-ethyl adjacent to an activating group) is 1. The molecular formula is C21H32N4O3. The van der Waals surface area contributed by atoms with Gasteiger partial charge in [-0.05, 0) is 39.1 Å². The largest absolute Gasteiger partial charge is 0.487 e. The Balaban J connectivity index is 1.36.